The predicted molar refractivity (Wildman–Crippen MR) is 103 cm³/mol. The molecule has 0 radical (unpaired) electrons. The number of rotatable bonds is 3. The first kappa shape index (κ1) is 17.2. The van der Waals surface area contributed by atoms with Crippen LogP contribution in [0.2, 0.25) is 0 Å². The lowest BCUT2D eigenvalue weighted by Gasteiger charge is -2.39. The van der Waals surface area contributed by atoms with Gasteiger partial charge in [-0.2, -0.15) is 0 Å². The van der Waals surface area contributed by atoms with Crippen molar-refractivity contribution in [3.05, 3.63) is 60.2 Å². The maximum absolute atomic E-state index is 12.1. The molecule has 1 aliphatic rings. The van der Waals surface area contributed by atoms with Gasteiger partial charge in [-0.05, 0) is 49.2 Å². The Hall–Kier alpha value is -2.59. The highest BCUT2D eigenvalue weighted by Gasteiger charge is 2.31. The summed E-state index contributed by atoms with van der Waals surface area (Å²) >= 11 is 0. The van der Waals surface area contributed by atoms with Crippen LogP contribution < -0.4 is 10.2 Å². The number of aliphatic hydroxyl groups excluding tert-OH is 1. The van der Waals surface area contributed by atoms with E-state index in [1.165, 1.54) is 0 Å². The van der Waals surface area contributed by atoms with Crippen LogP contribution in [0.3, 0.4) is 0 Å². The molecule has 1 amide bonds. The van der Waals surface area contributed by atoms with Crippen molar-refractivity contribution in [2.24, 2.45) is 0 Å². The minimum absolute atomic E-state index is 0.0679. The van der Waals surface area contributed by atoms with Crippen molar-refractivity contribution >= 4 is 17.4 Å². The summed E-state index contributed by atoms with van der Waals surface area (Å²) < 4.78 is 0. The van der Waals surface area contributed by atoms with Gasteiger partial charge in [0.05, 0.1) is 0 Å². The molecule has 0 bridgehead atoms. The number of benzene rings is 2. The van der Waals surface area contributed by atoms with Crippen LogP contribution in [0.25, 0.3) is 16.9 Å². The Morgan fingerprint density at radius 3 is 2.40 bits per heavy atom. The van der Waals surface area contributed by atoms with Crippen molar-refractivity contribution < 1.29 is 9.90 Å². The first-order chi connectivity index (χ1) is 11.9. The van der Waals surface area contributed by atoms with E-state index in [1.807, 2.05) is 48.3 Å². The Morgan fingerprint density at radius 1 is 1.20 bits per heavy atom. The van der Waals surface area contributed by atoms with Gasteiger partial charge in [0.1, 0.15) is 5.76 Å². The van der Waals surface area contributed by atoms with Gasteiger partial charge >= 0.3 is 0 Å². The van der Waals surface area contributed by atoms with Gasteiger partial charge in [-0.15, -0.1) is 0 Å². The molecule has 0 saturated carbocycles. The normalized spacial score (nSPS) is 19.4. The number of amides is 1. The largest absolute Gasteiger partial charge is 0.508 e. The first-order valence-corrected chi connectivity index (χ1v) is 8.52. The molecule has 0 aliphatic carbocycles. The Bertz CT molecular complexity index is 811. The summed E-state index contributed by atoms with van der Waals surface area (Å²) in [5.74, 6) is 0.139. The van der Waals surface area contributed by atoms with Gasteiger partial charge in [-0.3, -0.25) is 4.79 Å². The second-order valence-electron chi connectivity index (χ2n) is 6.61. The smallest absolute Gasteiger partial charge is 0.224 e. The summed E-state index contributed by atoms with van der Waals surface area (Å²) in [6.45, 7) is 7.25. The molecule has 130 valence electrons. The topological polar surface area (TPSA) is 52.6 Å². The van der Waals surface area contributed by atoms with Crippen molar-refractivity contribution in [3.63, 3.8) is 0 Å². The van der Waals surface area contributed by atoms with Crippen molar-refractivity contribution in [1.82, 2.24) is 5.32 Å². The Balaban J connectivity index is 2.05. The molecule has 0 aromatic heterocycles. The molecule has 0 unspecified atom stereocenters. The highest BCUT2D eigenvalue weighted by Crippen LogP contribution is 2.39. The van der Waals surface area contributed by atoms with E-state index in [0.29, 0.717) is 5.56 Å². The number of aliphatic hydroxyl groups is 1. The van der Waals surface area contributed by atoms with E-state index >= 15 is 0 Å². The first-order valence-electron chi connectivity index (χ1n) is 8.52. The highest BCUT2D eigenvalue weighted by molar-refractivity contribution is 5.94. The van der Waals surface area contributed by atoms with Crippen LogP contribution in [0.5, 0.6) is 0 Å². The van der Waals surface area contributed by atoms with Crippen molar-refractivity contribution in [1.29, 1.82) is 0 Å². The third kappa shape index (κ3) is 3.17. The van der Waals surface area contributed by atoms with Gasteiger partial charge in [0, 0.05) is 30.3 Å². The average molecular weight is 336 g/mol. The molecule has 2 aromatic carbocycles. The van der Waals surface area contributed by atoms with E-state index in [9.17, 15) is 9.90 Å². The predicted octanol–water partition coefficient (Wildman–Crippen LogP) is 4.29. The SMILES string of the molecule is C=C(O)c1ccc(-c2ccc3c(c2)[C@H](NC)C[C@H](C)N3C(C)=O)cc1. The fourth-order valence-corrected chi connectivity index (χ4v) is 3.65. The Morgan fingerprint density at radius 2 is 1.84 bits per heavy atom. The van der Waals surface area contributed by atoms with Crippen LogP contribution in [0.15, 0.2) is 49.0 Å². The fourth-order valence-electron chi connectivity index (χ4n) is 3.65. The van der Waals surface area contributed by atoms with Gasteiger partial charge in [0.25, 0.3) is 0 Å². The van der Waals surface area contributed by atoms with Crippen molar-refractivity contribution in [2.45, 2.75) is 32.4 Å². The monoisotopic (exact) mass is 336 g/mol. The van der Waals surface area contributed by atoms with Crippen LogP contribution >= 0.6 is 0 Å². The van der Waals surface area contributed by atoms with Gasteiger partial charge in [-0.1, -0.05) is 36.9 Å². The number of fused-ring (bicyclic) bond motifs is 1. The van der Waals surface area contributed by atoms with Gasteiger partial charge in [-0.25, -0.2) is 0 Å². The molecule has 0 fully saturated rings. The van der Waals surface area contributed by atoms with Gasteiger partial charge in [0.2, 0.25) is 5.91 Å². The molecule has 2 atom stereocenters. The molecule has 25 heavy (non-hydrogen) atoms. The lowest BCUT2D eigenvalue weighted by molar-refractivity contribution is -0.117. The molecule has 2 N–H and O–H groups in total. The fraction of sp³-hybridized carbons (Fsp3) is 0.286. The molecule has 0 spiro atoms. The van der Waals surface area contributed by atoms with Crippen LogP contribution in [0, 0.1) is 0 Å². The molecule has 4 heteroatoms. The van der Waals surface area contributed by atoms with Crippen LogP contribution in [0.4, 0.5) is 5.69 Å². The van der Waals surface area contributed by atoms with Gasteiger partial charge < -0.3 is 15.3 Å². The van der Waals surface area contributed by atoms with Crippen LogP contribution in [-0.4, -0.2) is 24.1 Å². The molecular weight excluding hydrogens is 312 g/mol. The van der Waals surface area contributed by atoms with E-state index in [-0.39, 0.29) is 23.8 Å². The third-order valence-corrected chi connectivity index (χ3v) is 4.92. The van der Waals surface area contributed by atoms with Gasteiger partial charge in [0.15, 0.2) is 0 Å². The van der Waals surface area contributed by atoms with E-state index in [0.717, 1.165) is 28.8 Å². The summed E-state index contributed by atoms with van der Waals surface area (Å²) in [4.78, 5) is 14.0. The number of anilines is 1. The van der Waals surface area contributed by atoms with Crippen LogP contribution in [0.1, 0.15) is 37.4 Å². The lowest BCUT2D eigenvalue weighted by atomic mass is 9.89. The van der Waals surface area contributed by atoms with E-state index in [2.05, 4.69) is 24.9 Å². The highest BCUT2D eigenvalue weighted by atomic mass is 16.3. The number of carbonyl (C=O) groups excluding carboxylic acids is 1. The molecule has 0 saturated heterocycles. The zero-order valence-electron chi connectivity index (χ0n) is 14.9. The standard InChI is InChI=1S/C21H24N2O2/c1-13-11-20(22-4)19-12-18(9-10-21(19)23(13)15(3)25)17-7-5-16(6-8-17)14(2)24/h5-10,12-13,20,22,24H,2,11H2,1,3-4H3/t13-,20+/m0/s1. The zero-order valence-corrected chi connectivity index (χ0v) is 14.9. The summed E-state index contributed by atoms with van der Waals surface area (Å²) in [7, 11) is 1.96. The molecule has 4 nitrogen and oxygen atoms in total. The van der Waals surface area contributed by atoms with E-state index in [4.69, 9.17) is 0 Å². The quantitative estimate of drug-likeness (QED) is 0.822. The number of hydrogen-bond acceptors (Lipinski definition) is 3. The minimum Gasteiger partial charge on any atom is -0.508 e. The number of hydrogen-bond donors (Lipinski definition) is 2. The summed E-state index contributed by atoms with van der Waals surface area (Å²) in [6, 6.07) is 14.3. The van der Waals surface area contributed by atoms with Crippen LogP contribution in [-0.2, 0) is 4.79 Å². The minimum atomic E-state index is 0.0679. The van der Waals surface area contributed by atoms with E-state index in [1.54, 1.807) is 6.92 Å². The summed E-state index contributed by atoms with van der Waals surface area (Å²) in [6.07, 6.45) is 0.885. The third-order valence-electron chi connectivity index (χ3n) is 4.92. The second-order valence-corrected chi connectivity index (χ2v) is 6.61. The molecular formula is C21H24N2O2. The average Bonchev–Trinajstić information content (AvgIpc) is 2.60. The molecule has 3 rings (SSSR count). The maximum Gasteiger partial charge on any atom is 0.224 e. The van der Waals surface area contributed by atoms with Crippen molar-refractivity contribution in [3.8, 4) is 11.1 Å². The van der Waals surface area contributed by atoms with E-state index < -0.39 is 0 Å². The lowest BCUT2D eigenvalue weighted by Crippen LogP contribution is -2.44. The Kier molecular flexibility index (Phi) is 4.64. The number of carbonyl (C=O) groups is 1. The summed E-state index contributed by atoms with van der Waals surface area (Å²) in [5.41, 5.74) is 4.99. The maximum atomic E-state index is 12.1. The molecule has 1 aliphatic heterocycles. The summed E-state index contributed by atoms with van der Waals surface area (Å²) in [5, 5.41) is 12.8. The second kappa shape index (κ2) is 6.73. The van der Waals surface area contributed by atoms with Crippen molar-refractivity contribution in [2.75, 3.05) is 11.9 Å². The zero-order chi connectivity index (χ0) is 18.1. The Labute approximate surface area is 148 Å². The molecule has 2 aromatic rings. The molecule has 1 heterocycles. The number of nitrogens with one attached hydrogen (secondary N) is 1. The number of nitrogens with zero attached hydrogens (tertiary/aromatic N) is 1.